The normalized spacial score (nSPS) is 9.70. The summed E-state index contributed by atoms with van der Waals surface area (Å²) in [4.78, 5) is 0. The highest BCUT2D eigenvalue weighted by Gasteiger charge is 1.86. The Labute approximate surface area is 69.1 Å². The van der Waals surface area contributed by atoms with E-state index < -0.39 is 0 Å². The summed E-state index contributed by atoms with van der Waals surface area (Å²) in [6.07, 6.45) is 7.50. The predicted octanol–water partition coefficient (Wildman–Crippen LogP) is 3.49. The van der Waals surface area contributed by atoms with E-state index in [-0.39, 0.29) is 0 Å². The molecule has 0 aromatic carbocycles. The van der Waals surface area contributed by atoms with E-state index in [1.54, 1.807) is 0 Å². The van der Waals surface area contributed by atoms with E-state index in [2.05, 4.69) is 13.5 Å². The third-order valence-corrected chi connectivity index (χ3v) is 2.43. The van der Waals surface area contributed by atoms with Gasteiger partial charge in [0.05, 0.1) is 0 Å². The van der Waals surface area contributed by atoms with E-state index in [0.717, 1.165) is 5.75 Å². The lowest BCUT2D eigenvalue weighted by molar-refractivity contribution is 0.706. The smallest absolute Gasteiger partial charge is 0.0110 e. The summed E-state index contributed by atoms with van der Waals surface area (Å²) in [6.45, 7) is 5.92. The van der Waals surface area contributed by atoms with Crippen LogP contribution in [0.25, 0.3) is 0 Å². The first-order valence-corrected chi connectivity index (χ1v) is 5.26. The minimum absolute atomic E-state index is 1.12. The molecule has 0 aliphatic rings. The van der Waals surface area contributed by atoms with Gasteiger partial charge in [0.1, 0.15) is 0 Å². The van der Waals surface area contributed by atoms with Crippen LogP contribution >= 0.6 is 11.8 Å². The molecule has 0 nitrogen and oxygen atoms in total. The van der Waals surface area contributed by atoms with E-state index in [4.69, 9.17) is 0 Å². The zero-order chi connectivity index (χ0) is 7.66. The lowest BCUT2D eigenvalue weighted by Crippen LogP contribution is -1.81. The van der Waals surface area contributed by atoms with Gasteiger partial charge in [0.25, 0.3) is 0 Å². The second-order valence-corrected chi connectivity index (χ2v) is 3.57. The molecule has 60 valence electrons. The van der Waals surface area contributed by atoms with Gasteiger partial charge in [0.2, 0.25) is 0 Å². The van der Waals surface area contributed by atoms with Crippen molar-refractivity contribution in [1.29, 1.82) is 0 Å². The van der Waals surface area contributed by atoms with Crippen LogP contribution < -0.4 is 0 Å². The monoisotopic (exact) mass is 158 g/mol. The van der Waals surface area contributed by atoms with Gasteiger partial charge in [0.15, 0.2) is 0 Å². The Morgan fingerprint density at radius 2 is 2.10 bits per heavy atom. The van der Waals surface area contributed by atoms with Crippen molar-refractivity contribution in [3.63, 3.8) is 0 Å². The Bertz CT molecular complexity index is 69.1. The van der Waals surface area contributed by atoms with Crippen LogP contribution in [0.4, 0.5) is 0 Å². The van der Waals surface area contributed by atoms with E-state index in [1.165, 1.54) is 31.4 Å². The molecule has 0 aliphatic carbocycles. The Hall–Kier alpha value is 0.0900. The molecule has 0 unspecified atom stereocenters. The molecule has 0 atom stereocenters. The van der Waals surface area contributed by atoms with Crippen LogP contribution in [-0.4, -0.2) is 11.5 Å². The third-order valence-electron chi connectivity index (χ3n) is 1.38. The van der Waals surface area contributed by atoms with Gasteiger partial charge < -0.3 is 0 Å². The fourth-order valence-corrected chi connectivity index (χ4v) is 1.54. The molecule has 0 fully saturated rings. The van der Waals surface area contributed by atoms with Gasteiger partial charge in [0, 0.05) is 5.75 Å². The molecule has 0 rings (SSSR count). The van der Waals surface area contributed by atoms with Gasteiger partial charge in [-0.15, -0.1) is 6.58 Å². The SMILES string of the molecule is C=CCSCCCCCC. The van der Waals surface area contributed by atoms with Gasteiger partial charge in [-0.2, -0.15) is 11.8 Å². The third kappa shape index (κ3) is 8.09. The molecular formula is C9H18S. The molecule has 0 radical (unpaired) electrons. The van der Waals surface area contributed by atoms with Gasteiger partial charge in [-0.1, -0.05) is 32.3 Å². The van der Waals surface area contributed by atoms with Crippen LogP contribution in [-0.2, 0) is 0 Å². The van der Waals surface area contributed by atoms with Crippen LogP contribution in [0.15, 0.2) is 12.7 Å². The number of unbranched alkanes of at least 4 members (excludes halogenated alkanes) is 3. The second kappa shape index (κ2) is 9.09. The van der Waals surface area contributed by atoms with Crippen LogP contribution in [0.3, 0.4) is 0 Å². The van der Waals surface area contributed by atoms with Crippen molar-refractivity contribution in [3.8, 4) is 0 Å². The van der Waals surface area contributed by atoms with Crippen molar-refractivity contribution in [2.45, 2.75) is 32.6 Å². The standard InChI is InChI=1S/C9H18S/c1-3-5-6-7-9-10-8-4-2/h4H,2-3,5-9H2,1H3. The lowest BCUT2D eigenvalue weighted by atomic mass is 10.2. The highest BCUT2D eigenvalue weighted by Crippen LogP contribution is 2.06. The predicted molar refractivity (Wildman–Crippen MR) is 51.7 cm³/mol. The number of rotatable bonds is 7. The summed E-state index contributed by atoms with van der Waals surface area (Å²) in [5, 5.41) is 0. The van der Waals surface area contributed by atoms with Crippen molar-refractivity contribution in [3.05, 3.63) is 12.7 Å². The molecule has 0 aromatic heterocycles. The van der Waals surface area contributed by atoms with E-state index >= 15 is 0 Å². The van der Waals surface area contributed by atoms with E-state index in [1.807, 2.05) is 17.8 Å². The average Bonchev–Trinajstić information content (AvgIpc) is 1.97. The van der Waals surface area contributed by atoms with Crippen LogP contribution in [0, 0.1) is 0 Å². The van der Waals surface area contributed by atoms with Crippen LogP contribution in [0.1, 0.15) is 32.6 Å². The first-order valence-electron chi connectivity index (χ1n) is 4.10. The fourth-order valence-electron chi connectivity index (χ4n) is 0.798. The van der Waals surface area contributed by atoms with Gasteiger partial charge in [-0.3, -0.25) is 0 Å². The Balaban J connectivity index is 2.70. The van der Waals surface area contributed by atoms with E-state index in [0.29, 0.717) is 0 Å². The molecule has 0 saturated carbocycles. The maximum absolute atomic E-state index is 3.67. The summed E-state index contributed by atoms with van der Waals surface area (Å²) < 4.78 is 0. The van der Waals surface area contributed by atoms with Crippen molar-refractivity contribution in [2.24, 2.45) is 0 Å². The maximum atomic E-state index is 3.67. The molecule has 0 heterocycles. The van der Waals surface area contributed by atoms with Crippen molar-refractivity contribution >= 4 is 11.8 Å². The quantitative estimate of drug-likeness (QED) is 0.404. The minimum Gasteiger partial charge on any atom is -0.158 e. The summed E-state index contributed by atoms with van der Waals surface area (Å²) in [5.74, 6) is 2.43. The molecule has 0 N–H and O–H groups in total. The molecule has 0 spiro atoms. The van der Waals surface area contributed by atoms with Crippen molar-refractivity contribution in [1.82, 2.24) is 0 Å². The molecule has 1 heteroatoms. The first-order chi connectivity index (χ1) is 4.91. The summed E-state index contributed by atoms with van der Waals surface area (Å²) in [7, 11) is 0. The van der Waals surface area contributed by atoms with Crippen molar-refractivity contribution < 1.29 is 0 Å². The zero-order valence-corrected chi connectivity index (χ0v) is 7.75. The van der Waals surface area contributed by atoms with Crippen molar-refractivity contribution in [2.75, 3.05) is 11.5 Å². The average molecular weight is 158 g/mol. The summed E-state index contributed by atoms with van der Waals surface area (Å²) in [6, 6.07) is 0. The Morgan fingerprint density at radius 3 is 2.70 bits per heavy atom. The first kappa shape index (κ1) is 10.1. The highest BCUT2D eigenvalue weighted by molar-refractivity contribution is 7.99. The van der Waals surface area contributed by atoms with Crippen LogP contribution in [0.2, 0.25) is 0 Å². The molecule has 0 aromatic rings. The topological polar surface area (TPSA) is 0 Å². The zero-order valence-electron chi connectivity index (χ0n) is 6.94. The highest BCUT2D eigenvalue weighted by atomic mass is 32.2. The summed E-state index contributed by atoms with van der Waals surface area (Å²) >= 11 is 1.99. The molecule has 10 heavy (non-hydrogen) atoms. The van der Waals surface area contributed by atoms with Gasteiger partial charge in [-0.25, -0.2) is 0 Å². The summed E-state index contributed by atoms with van der Waals surface area (Å²) in [5.41, 5.74) is 0. The molecular weight excluding hydrogens is 140 g/mol. The van der Waals surface area contributed by atoms with E-state index in [9.17, 15) is 0 Å². The number of thioether (sulfide) groups is 1. The number of hydrogen-bond acceptors (Lipinski definition) is 1. The second-order valence-electron chi connectivity index (χ2n) is 2.42. The molecule has 0 saturated heterocycles. The fraction of sp³-hybridized carbons (Fsp3) is 0.778. The maximum Gasteiger partial charge on any atom is 0.0110 e. The lowest BCUT2D eigenvalue weighted by Gasteiger charge is -1.96. The number of hydrogen-bond donors (Lipinski definition) is 0. The Kier molecular flexibility index (Phi) is 9.17. The molecule has 0 bridgehead atoms. The van der Waals surface area contributed by atoms with Crippen LogP contribution in [0.5, 0.6) is 0 Å². The largest absolute Gasteiger partial charge is 0.158 e. The molecule has 0 aliphatic heterocycles. The Morgan fingerprint density at radius 1 is 1.30 bits per heavy atom. The van der Waals surface area contributed by atoms with Gasteiger partial charge in [-0.05, 0) is 12.2 Å². The van der Waals surface area contributed by atoms with Gasteiger partial charge >= 0.3 is 0 Å². The molecule has 0 amide bonds. The minimum atomic E-state index is 1.12.